The van der Waals surface area contributed by atoms with Crippen molar-refractivity contribution in [2.45, 2.75) is 12.2 Å². The van der Waals surface area contributed by atoms with Gasteiger partial charge in [0, 0.05) is 24.8 Å². The Hall–Kier alpha value is -1.76. The average molecular weight is 389 g/mol. The Kier molecular flexibility index (Phi) is 11.7. The van der Waals surface area contributed by atoms with Gasteiger partial charge in [0.25, 0.3) is 0 Å². The van der Waals surface area contributed by atoms with Crippen LogP contribution in [0.25, 0.3) is 0 Å². The van der Waals surface area contributed by atoms with Gasteiger partial charge in [-0.3, -0.25) is 0 Å². The third-order valence-electron chi connectivity index (χ3n) is 2.60. The molecule has 0 radical (unpaired) electrons. The van der Waals surface area contributed by atoms with Crippen LogP contribution in [-0.4, -0.2) is 82.4 Å². The van der Waals surface area contributed by atoms with Gasteiger partial charge in [-0.15, -0.1) is 33.0 Å². The lowest BCUT2D eigenvalue weighted by Crippen LogP contribution is -2.48. The number of nitroso groups, excluding NO2 is 2. The predicted molar refractivity (Wildman–Crippen MR) is 85.3 cm³/mol. The number of carbonyl (C=O) groups is 2. The minimum atomic E-state index is -1.59. The molecule has 24 heavy (non-hydrogen) atoms. The molecular weight excluding hydrogens is 371 g/mol. The maximum atomic E-state index is 11.5. The Labute approximate surface area is 146 Å². The number of nitrogens with zero attached hydrogens (tertiary/aromatic N) is 4. The molecule has 4 amide bonds. The summed E-state index contributed by atoms with van der Waals surface area (Å²) >= 11 is 10.7. The molecule has 2 atom stereocenters. The van der Waals surface area contributed by atoms with Gasteiger partial charge in [-0.1, -0.05) is 0 Å². The Bertz CT molecular complexity index is 431. The summed E-state index contributed by atoms with van der Waals surface area (Å²) < 4.78 is 0. The van der Waals surface area contributed by atoms with Gasteiger partial charge in [0.2, 0.25) is 0 Å². The van der Waals surface area contributed by atoms with E-state index in [1.807, 2.05) is 0 Å². The Morgan fingerprint density at radius 3 is 2.04 bits per heavy atom. The van der Waals surface area contributed by atoms with Crippen LogP contribution in [0.3, 0.4) is 0 Å². The number of rotatable bonds is 11. The van der Waals surface area contributed by atoms with E-state index < -0.39 is 37.4 Å². The molecule has 0 fully saturated rings. The smallest absolute Gasteiger partial charge is 0.340 e. The van der Waals surface area contributed by atoms with Crippen LogP contribution >= 0.6 is 23.2 Å². The second kappa shape index (κ2) is 12.6. The van der Waals surface area contributed by atoms with E-state index in [0.717, 1.165) is 0 Å². The average Bonchev–Trinajstić information content (AvgIpc) is 2.59. The van der Waals surface area contributed by atoms with Gasteiger partial charge in [-0.25, -0.2) is 9.59 Å². The van der Waals surface area contributed by atoms with E-state index >= 15 is 0 Å². The van der Waals surface area contributed by atoms with Gasteiger partial charge in [0.15, 0.2) is 0 Å². The van der Waals surface area contributed by atoms with Gasteiger partial charge in [0.05, 0.1) is 29.8 Å². The Morgan fingerprint density at radius 1 is 0.958 bits per heavy atom. The highest BCUT2D eigenvalue weighted by Crippen LogP contribution is 2.00. The number of alkyl halides is 2. The summed E-state index contributed by atoms with van der Waals surface area (Å²) in [6.45, 7) is -1.15. The molecule has 0 heterocycles. The van der Waals surface area contributed by atoms with Crippen molar-refractivity contribution in [1.82, 2.24) is 20.7 Å². The van der Waals surface area contributed by atoms with E-state index in [1.165, 1.54) is 0 Å². The molecule has 4 N–H and O–H groups in total. The third kappa shape index (κ3) is 8.19. The quantitative estimate of drug-likeness (QED) is 0.213. The van der Waals surface area contributed by atoms with E-state index in [9.17, 15) is 29.6 Å². The van der Waals surface area contributed by atoms with Crippen LogP contribution in [0.15, 0.2) is 10.6 Å². The number of aliphatic hydroxyl groups excluding tert-OH is 2. The van der Waals surface area contributed by atoms with E-state index in [-0.39, 0.29) is 24.8 Å². The van der Waals surface area contributed by atoms with Crippen molar-refractivity contribution in [3.05, 3.63) is 9.81 Å². The predicted octanol–water partition coefficient (Wildman–Crippen LogP) is -0.428. The van der Waals surface area contributed by atoms with Crippen molar-refractivity contribution in [1.29, 1.82) is 0 Å². The molecule has 138 valence electrons. The number of nitrogens with one attached hydrogen (secondary N) is 2. The van der Waals surface area contributed by atoms with Crippen LogP contribution < -0.4 is 10.6 Å². The van der Waals surface area contributed by atoms with Crippen LogP contribution in [0.2, 0.25) is 0 Å². The molecule has 0 aromatic rings. The fourth-order valence-corrected chi connectivity index (χ4v) is 1.63. The first-order valence-corrected chi connectivity index (χ1v) is 7.73. The molecule has 0 aliphatic carbocycles. The number of carbonyl (C=O) groups excluding carboxylic acids is 2. The summed E-state index contributed by atoms with van der Waals surface area (Å²) in [6.07, 6.45) is -3.13. The first-order chi connectivity index (χ1) is 11.4. The fourth-order valence-electron chi connectivity index (χ4n) is 1.38. The zero-order valence-corrected chi connectivity index (χ0v) is 14.0. The maximum absolute atomic E-state index is 11.5. The highest BCUT2D eigenvalue weighted by Gasteiger charge is 2.25. The summed E-state index contributed by atoms with van der Waals surface area (Å²) in [4.78, 5) is 44.0. The number of amides is 4. The maximum Gasteiger partial charge on any atom is 0.340 e. The Balaban J connectivity index is 4.41. The summed E-state index contributed by atoms with van der Waals surface area (Å²) in [6, 6.07) is -1.83. The molecule has 0 aromatic heterocycles. The normalized spacial score (nSPS) is 12.7. The third-order valence-corrected chi connectivity index (χ3v) is 2.96. The molecule has 0 saturated heterocycles. The number of hydrogen-bond acceptors (Lipinski definition) is 8. The lowest BCUT2D eigenvalue weighted by Gasteiger charge is -2.22. The summed E-state index contributed by atoms with van der Waals surface area (Å²) in [5, 5.41) is 29.5. The molecule has 0 saturated carbocycles. The molecule has 0 spiro atoms. The van der Waals surface area contributed by atoms with Crippen molar-refractivity contribution in [3.63, 3.8) is 0 Å². The molecule has 0 bridgehead atoms. The standard InChI is InChI=1S/C10H18Cl2N6O6/c11-1-3-13-9(21)18(16-24)6-8(20)7(19)5-14-10(22)17(15-23)4-2-12/h7-8,19-20H,1-6H2,(H,13,21)(H,14,22)/t7-,8-/m0/s1. The number of aliphatic hydroxyl groups is 2. The van der Waals surface area contributed by atoms with Gasteiger partial charge in [-0.2, -0.15) is 10.0 Å². The fraction of sp³-hybridized carbons (Fsp3) is 0.800. The number of urea groups is 2. The van der Waals surface area contributed by atoms with E-state index in [0.29, 0.717) is 10.0 Å². The molecule has 0 aromatic carbocycles. The first-order valence-electron chi connectivity index (χ1n) is 6.66. The largest absolute Gasteiger partial charge is 0.389 e. The SMILES string of the molecule is O=NN(CCCl)C(=O)NC[C@H](O)[C@@H](O)CN(N=O)C(=O)NCCCl. The molecule has 0 unspecified atom stereocenters. The van der Waals surface area contributed by atoms with Crippen molar-refractivity contribution in [3.8, 4) is 0 Å². The van der Waals surface area contributed by atoms with Crippen molar-refractivity contribution < 1.29 is 19.8 Å². The van der Waals surface area contributed by atoms with Gasteiger partial charge < -0.3 is 20.8 Å². The second-order valence-electron chi connectivity index (χ2n) is 4.30. The molecule has 0 aliphatic rings. The summed E-state index contributed by atoms with van der Waals surface area (Å²) in [7, 11) is 0. The van der Waals surface area contributed by atoms with Crippen molar-refractivity contribution in [2.75, 3.05) is 37.9 Å². The van der Waals surface area contributed by atoms with Crippen molar-refractivity contribution >= 4 is 35.3 Å². The van der Waals surface area contributed by atoms with Gasteiger partial charge >= 0.3 is 12.1 Å². The molecule has 0 aliphatic heterocycles. The highest BCUT2D eigenvalue weighted by atomic mass is 35.5. The monoisotopic (exact) mass is 388 g/mol. The Morgan fingerprint density at radius 2 is 1.54 bits per heavy atom. The van der Waals surface area contributed by atoms with Gasteiger partial charge in [-0.05, 0) is 0 Å². The topological polar surface area (TPSA) is 164 Å². The minimum absolute atomic E-state index is 0.0261. The van der Waals surface area contributed by atoms with E-state index in [2.05, 4.69) is 21.2 Å². The molecule has 12 nitrogen and oxygen atoms in total. The number of halogens is 2. The zero-order chi connectivity index (χ0) is 18.5. The van der Waals surface area contributed by atoms with Crippen LogP contribution in [-0.2, 0) is 0 Å². The molecular formula is C10H18Cl2N6O6. The van der Waals surface area contributed by atoms with Crippen molar-refractivity contribution in [2.24, 2.45) is 10.6 Å². The lowest BCUT2D eigenvalue weighted by atomic mass is 10.2. The van der Waals surface area contributed by atoms with Crippen LogP contribution in [0.4, 0.5) is 9.59 Å². The number of hydrogen-bond donors (Lipinski definition) is 4. The molecule has 0 rings (SSSR count). The summed E-state index contributed by atoms with van der Waals surface area (Å²) in [5.41, 5.74) is 0. The lowest BCUT2D eigenvalue weighted by molar-refractivity contribution is 0.00578. The van der Waals surface area contributed by atoms with Crippen LogP contribution in [0.1, 0.15) is 0 Å². The molecule has 14 heteroatoms. The zero-order valence-electron chi connectivity index (χ0n) is 12.5. The van der Waals surface area contributed by atoms with Gasteiger partial charge in [0.1, 0.15) is 6.10 Å². The van der Waals surface area contributed by atoms with Crippen LogP contribution in [0.5, 0.6) is 0 Å². The van der Waals surface area contributed by atoms with E-state index in [1.54, 1.807) is 0 Å². The first kappa shape index (κ1) is 22.2. The van der Waals surface area contributed by atoms with E-state index in [4.69, 9.17) is 23.2 Å². The second-order valence-corrected chi connectivity index (χ2v) is 5.06. The summed E-state index contributed by atoms with van der Waals surface area (Å²) in [5.74, 6) is 0.0843. The minimum Gasteiger partial charge on any atom is -0.389 e. The highest BCUT2D eigenvalue weighted by molar-refractivity contribution is 6.18. The van der Waals surface area contributed by atoms with Crippen LogP contribution in [0, 0.1) is 9.81 Å².